The number of furan rings is 1. The molecule has 4 atom stereocenters. The minimum absolute atomic E-state index is 0.0757. The van der Waals surface area contributed by atoms with Gasteiger partial charge in [-0.15, -0.1) is 0 Å². The van der Waals surface area contributed by atoms with Crippen molar-refractivity contribution >= 4 is 40.2 Å². The molecule has 8 rings (SSSR count). The number of para-hydroxylation sites is 2. The monoisotopic (exact) mass is 554 g/mol. The highest BCUT2D eigenvalue weighted by Crippen LogP contribution is 2.62. The Bertz CT molecular complexity index is 1940. The van der Waals surface area contributed by atoms with Crippen molar-refractivity contribution in [3.05, 3.63) is 143 Å². The Morgan fingerprint density at radius 2 is 1.60 bits per heavy atom. The van der Waals surface area contributed by atoms with Gasteiger partial charge in [-0.05, 0) is 65.2 Å². The largest absolute Gasteiger partial charge is 0.453 e. The number of hydrogen-bond donors (Lipinski definition) is 1. The third-order valence-electron chi connectivity index (χ3n) is 8.92. The summed E-state index contributed by atoms with van der Waals surface area (Å²) < 4.78 is 20.0. The lowest BCUT2D eigenvalue weighted by Crippen LogP contribution is -2.49. The fourth-order valence-corrected chi connectivity index (χ4v) is 7.21. The molecule has 42 heavy (non-hydrogen) atoms. The number of benzene rings is 4. The van der Waals surface area contributed by atoms with Crippen LogP contribution in [-0.2, 0) is 10.2 Å². The Labute approximate surface area is 240 Å². The maximum absolute atomic E-state index is 14.9. The van der Waals surface area contributed by atoms with Crippen LogP contribution in [0.5, 0.6) is 0 Å². The lowest BCUT2D eigenvalue weighted by atomic mass is 9.63. The van der Waals surface area contributed by atoms with Gasteiger partial charge >= 0.3 is 0 Å². The number of fused-ring (bicyclic) bond motifs is 7. The molecule has 3 aliphatic rings. The van der Waals surface area contributed by atoms with E-state index in [1.807, 2.05) is 77.7 Å². The number of carbonyl (C=O) groups is 3. The van der Waals surface area contributed by atoms with Crippen LogP contribution < -0.4 is 5.32 Å². The normalized spacial score (nSPS) is 23.5. The number of halogens is 1. The topological polar surface area (TPSA) is 79.6 Å². The van der Waals surface area contributed by atoms with Crippen LogP contribution in [-0.4, -0.2) is 28.4 Å². The van der Waals surface area contributed by atoms with E-state index >= 15 is 0 Å². The molecule has 7 heteroatoms. The average Bonchev–Trinajstić information content (AvgIpc) is 3.68. The molecule has 1 amide bonds. The minimum atomic E-state index is -1.46. The van der Waals surface area contributed by atoms with Crippen molar-refractivity contribution in [3.63, 3.8) is 0 Å². The van der Waals surface area contributed by atoms with Gasteiger partial charge in [-0.1, -0.05) is 60.7 Å². The molecule has 1 saturated heterocycles. The van der Waals surface area contributed by atoms with Gasteiger partial charge in [0.1, 0.15) is 22.9 Å². The SMILES string of the molecule is O=C(c1ccc(F)cc1)[C@@H]1[C@H](C(=O)c2cc3ccccc3o2)[C@]2(C(=O)Nc3ccccc32)[C@H]2c3ccccc3C=CN12. The molecule has 1 N–H and O–H groups in total. The standard InChI is InChI=1S/C35H23FN2O4/c36-23-15-13-21(14-16-23)31(39)30-29(32(40)28-19-22-8-2-6-12-27(22)42-28)35(25-10-4-5-11-26(25)37-34(35)41)33-24-9-3-1-7-20(24)17-18-38(30)33/h1-19,29-30,33H,(H,37,41)/t29-,30+,33-,35+/m1/s1. The van der Waals surface area contributed by atoms with Crippen LogP contribution in [0.25, 0.3) is 17.0 Å². The van der Waals surface area contributed by atoms with E-state index in [0.717, 1.165) is 16.5 Å². The summed E-state index contributed by atoms with van der Waals surface area (Å²) in [7, 11) is 0. The van der Waals surface area contributed by atoms with Crippen molar-refractivity contribution in [3.8, 4) is 0 Å². The van der Waals surface area contributed by atoms with Gasteiger partial charge in [0, 0.05) is 22.8 Å². The number of Topliss-reactive ketones (excluding diaryl/α,β-unsaturated/α-hetero) is 2. The second-order valence-electron chi connectivity index (χ2n) is 11.0. The summed E-state index contributed by atoms with van der Waals surface area (Å²) in [6.45, 7) is 0. The Balaban J connectivity index is 1.43. The van der Waals surface area contributed by atoms with Gasteiger partial charge < -0.3 is 14.6 Å². The number of anilines is 1. The highest BCUT2D eigenvalue weighted by atomic mass is 19.1. The first-order chi connectivity index (χ1) is 20.5. The summed E-state index contributed by atoms with van der Waals surface area (Å²) in [6.07, 6.45) is 3.71. The van der Waals surface area contributed by atoms with E-state index in [4.69, 9.17) is 4.42 Å². The minimum Gasteiger partial charge on any atom is -0.453 e. The highest BCUT2D eigenvalue weighted by Gasteiger charge is 2.71. The van der Waals surface area contributed by atoms with Crippen molar-refractivity contribution in [1.82, 2.24) is 4.90 Å². The molecule has 4 heterocycles. The predicted molar refractivity (Wildman–Crippen MR) is 155 cm³/mol. The fourth-order valence-electron chi connectivity index (χ4n) is 7.21. The highest BCUT2D eigenvalue weighted by molar-refractivity contribution is 6.16. The number of nitrogens with zero attached hydrogens (tertiary/aromatic N) is 1. The molecule has 0 radical (unpaired) electrons. The van der Waals surface area contributed by atoms with Crippen molar-refractivity contribution in [1.29, 1.82) is 0 Å². The van der Waals surface area contributed by atoms with Crippen molar-refractivity contribution in [2.45, 2.75) is 17.5 Å². The van der Waals surface area contributed by atoms with E-state index in [-0.39, 0.29) is 23.0 Å². The number of hydrogen-bond acceptors (Lipinski definition) is 5. The number of amides is 1. The van der Waals surface area contributed by atoms with Crippen LogP contribution in [0.2, 0.25) is 0 Å². The van der Waals surface area contributed by atoms with Gasteiger partial charge in [0.05, 0.1) is 12.0 Å². The summed E-state index contributed by atoms with van der Waals surface area (Å²) >= 11 is 0. The molecule has 1 spiro atoms. The molecule has 0 bridgehead atoms. The Kier molecular flexibility index (Phi) is 5.16. The van der Waals surface area contributed by atoms with Crippen molar-refractivity contribution in [2.24, 2.45) is 5.92 Å². The lowest BCUT2D eigenvalue weighted by Gasteiger charge is -2.38. The molecule has 5 aromatic rings. The van der Waals surface area contributed by atoms with E-state index in [1.54, 1.807) is 18.3 Å². The summed E-state index contributed by atoms with van der Waals surface area (Å²) in [5, 5.41) is 3.77. The first-order valence-electron chi connectivity index (χ1n) is 13.8. The van der Waals surface area contributed by atoms with Gasteiger partial charge in [-0.3, -0.25) is 14.4 Å². The number of ketones is 2. The van der Waals surface area contributed by atoms with Crippen LogP contribution in [0, 0.1) is 11.7 Å². The molecule has 204 valence electrons. The first-order valence-corrected chi connectivity index (χ1v) is 13.8. The number of nitrogens with one attached hydrogen (secondary N) is 1. The number of rotatable bonds is 4. The zero-order valence-electron chi connectivity index (χ0n) is 22.2. The fraction of sp³-hybridized carbons (Fsp3) is 0.114. The van der Waals surface area contributed by atoms with Crippen molar-refractivity contribution < 1.29 is 23.2 Å². The van der Waals surface area contributed by atoms with Crippen molar-refractivity contribution in [2.75, 3.05) is 5.32 Å². The van der Waals surface area contributed by atoms with Crippen LogP contribution in [0.1, 0.15) is 43.6 Å². The molecular weight excluding hydrogens is 531 g/mol. The molecule has 4 aromatic carbocycles. The summed E-state index contributed by atoms with van der Waals surface area (Å²) in [5.74, 6) is -2.75. The maximum atomic E-state index is 14.9. The molecule has 0 saturated carbocycles. The zero-order valence-corrected chi connectivity index (χ0v) is 22.2. The summed E-state index contributed by atoms with van der Waals surface area (Å²) in [5.41, 5.74) is 2.31. The van der Waals surface area contributed by atoms with Gasteiger partial charge in [-0.2, -0.15) is 0 Å². The molecule has 3 aliphatic heterocycles. The van der Waals surface area contributed by atoms with Crippen LogP contribution in [0.4, 0.5) is 10.1 Å². The molecule has 6 nitrogen and oxygen atoms in total. The Morgan fingerprint density at radius 1 is 0.857 bits per heavy atom. The smallest absolute Gasteiger partial charge is 0.238 e. The third-order valence-corrected chi connectivity index (χ3v) is 8.92. The first kappa shape index (κ1) is 24.5. The molecule has 0 unspecified atom stereocenters. The molecular formula is C35H23FN2O4. The summed E-state index contributed by atoms with van der Waals surface area (Å²) in [6, 6.07) is 27.6. The molecule has 0 aliphatic carbocycles. The van der Waals surface area contributed by atoms with E-state index < -0.39 is 35.0 Å². The van der Waals surface area contributed by atoms with E-state index in [2.05, 4.69) is 5.32 Å². The Morgan fingerprint density at radius 3 is 2.43 bits per heavy atom. The molecule has 1 aromatic heterocycles. The van der Waals surface area contributed by atoms with Gasteiger partial charge in [0.15, 0.2) is 11.5 Å². The average molecular weight is 555 g/mol. The van der Waals surface area contributed by atoms with E-state index in [1.165, 1.54) is 24.3 Å². The maximum Gasteiger partial charge on any atom is 0.238 e. The van der Waals surface area contributed by atoms with E-state index in [9.17, 15) is 18.8 Å². The zero-order chi connectivity index (χ0) is 28.6. The second kappa shape index (κ2) is 8.85. The second-order valence-corrected chi connectivity index (χ2v) is 11.0. The quantitative estimate of drug-likeness (QED) is 0.255. The van der Waals surface area contributed by atoms with Gasteiger partial charge in [-0.25, -0.2) is 4.39 Å². The van der Waals surface area contributed by atoms with Crippen LogP contribution in [0.3, 0.4) is 0 Å². The summed E-state index contributed by atoms with van der Waals surface area (Å²) in [4.78, 5) is 45.7. The predicted octanol–water partition coefficient (Wildman–Crippen LogP) is 6.55. The number of carbonyl (C=O) groups excluding carboxylic acids is 3. The van der Waals surface area contributed by atoms with E-state index in [0.29, 0.717) is 16.8 Å². The van der Waals surface area contributed by atoms with Gasteiger partial charge in [0.25, 0.3) is 0 Å². The third kappa shape index (κ3) is 3.22. The van der Waals surface area contributed by atoms with Crippen LogP contribution >= 0.6 is 0 Å². The molecule has 1 fully saturated rings. The van der Waals surface area contributed by atoms with Crippen LogP contribution in [0.15, 0.2) is 114 Å². The lowest BCUT2D eigenvalue weighted by molar-refractivity contribution is -0.122. The Hall–Kier alpha value is -5.30. The van der Waals surface area contributed by atoms with Gasteiger partial charge in [0.2, 0.25) is 11.7 Å².